The fourth-order valence-electron chi connectivity index (χ4n) is 2.35. The normalized spacial score (nSPS) is 17.8. The number of nitrogens with zero attached hydrogens (tertiary/aromatic N) is 2. The first-order chi connectivity index (χ1) is 7.70. The van der Waals surface area contributed by atoms with E-state index in [1.807, 2.05) is 0 Å². The highest BCUT2D eigenvalue weighted by molar-refractivity contribution is 5.55. The van der Waals surface area contributed by atoms with Gasteiger partial charge < -0.3 is 9.80 Å². The summed E-state index contributed by atoms with van der Waals surface area (Å²) in [7, 11) is 2.20. The Bertz CT molecular complexity index is 352. The van der Waals surface area contributed by atoms with Crippen molar-refractivity contribution in [3.05, 3.63) is 29.3 Å². The average Bonchev–Trinajstić information content (AvgIpc) is 2.30. The molecule has 0 N–H and O–H groups in total. The summed E-state index contributed by atoms with van der Waals surface area (Å²) in [5, 5.41) is 0. The zero-order valence-corrected chi connectivity index (χ0v) is 10.7. The van der Waals surface area contributed by atoms with Crippen LogP contribution in [0.2, 0.25) is 0 Å². The third-order valence-electron chi connectivity index (χ3n) is 3.46. The van der Waals surface area contributed by atoms with Gasteiger partial charge in [0, 0.05) is 31.9 Å². The summed E-state index contributed by atoms with van der Waals surface area (Å²) in [5.41, 5.74) is 4.31. The molecule has 1 aromatic carbocycles. The molecule has 0 radical (unpaired) electrons. The summed E-state index contributed by atoms with van der Waals surface area (Å²) in [6.07, 6.45) is 1.13. The monoisotopic (exact) mass is 218 g/mol. The maximum absolute atomic E-state index is 2.53. The number of rotatable bonds is 2. The fraction of sp³-hybridized carbons (Fsp3) is 0.571. The number of benzene rings is 1. The standard InChI is InChI=1S/C14H22N2/c1-4-13-11-12(2)5-6-14(13)16-9-7-15(3)8-10-16/h5-6,11H,4,7-10H2,1-3H3. The van der Waals surface area contributed by atoms with E-state index in [0.29, 0.717) is 0 Å². The third-order valence-corrected chi connectivity index (χ3v) is 3.46. The molecule has 1 aliphatic rings. The van der Waals surface area contributed by atoms with Gasteiger partial charge in [-0.2, -0.15) is 0 Å². The Morgan fingerprint density at radius 2 is 1.81 bits per heavy atom. The molecule has 1 saturated heterocycles. The molecule has 2 rings (SSSR count). The van der Waals surface area contributed by atoms with Crippen molar-refractivity contribution in [2.75, 3.05) is 38.1 Å². The van der Waals surface area contributed by atoms with E-state index in [2.05, 4.69) is 48.9 Å². The molecular formula is C14H22N2. The Balaban J connectivity index is 2.19. The van der Waals surface area contributed by atoms with E-state index < -0.39 is 0 Å². The lowest BCUT2D eigenvalue weighted by Crippen LogP contribution is -2.44. The molecule has 0 bridgehead atoms. The molecule has 1 heterocycles. The zero-order valence-electron chi connectivity index (χ0n) is 10.7. The molecule has 0 spiro atoms. The molecule has 0 unspecified atom stereocenters. The molecule has 0 amide bonds. The van der Waals surface area contributed by atoms with E-state index in [9.17, 15) is 0 Å². The topological polar surface area (TPSA) is 6.48 Å². The molecule has 0 aromatic heterocycles. The van der Waals surface area contributed by atoms with Crippen LogP contribution in [0.15, 0.2) is 18.2 Å². The lowest BCUT2D eigenvalue weighted by Gasteiger charge is -2.35. The molecule has 0 atom stereocenters. The smallest absolute Gasteiger partial charge is 0.0399 e. The highest BCUT2D eigenvalue weighted by atomic mass is 15.2. The lowest BCUT2D eigenvalue weighted by molar-refractivity contribution is 0.312. The Morgan fingerprint density at radius 1 is 1.12 bits per heavy atom. The van der Waals surface area contributed by atoms with Crippen molar-refractivity contribution in [2.45, 2.75) is 20.3 Å². The second-order valence-electron chi connectivity index (χ2n) is 4.78. The number of hydrogen-bond donors (Lipinski definition) is 0. The van der Waals surface area contributed by atoms with Gasteiger partial charge in [-0.15, -0.1) is 0 Å². The summed E-state index contributed by atoms with van der Waals surface area (Å²) in [6, 6.07) is 6.85. The predicted octanol–water partition coefficient (Wildman–Crippen LogP) is 2.31. The number of likely N-dealkylation sites (N-methyl/N-ethyl adjacent to an activating group) is 1. The van der Waals surface area contributed by atoms with Crippen LogP contribution in [-0.4, -0.2) is 38.1 Å². The van der Waals surface area contributed by atoms with Crippen molar-refractivity contribution >= 4 is 5.69 Å². The number of anilines is 1. The largest absolute Gasteiger partial charge is 0.369 e. The Kier molecular flexibility index (Phi) is 3.49. The van der Waals surface area contributed by atoms with Crippen molar-refractivity contribution in [1.82, 2.24) is 4.90 Å². The molecule has 0 saturated carbocycles. The third kappa shape index (κ3) is 2.38. The molecule has 88 valence electrons. The summed E-state index contributed by atoms with van der Waals surface area (Å²) >= 11 is 0. The zero-order chi connectivity index (χ0) is 11.5. The van der Waals surface area contributed by atoms with Gasteiger partial charge >= 0.3 is 0 Å². The van der Waals surface area contributed by atoms with Crippen LogP contribution < -0.4 is 4.90 Å². The number of hydrogen-bond acceptors (Lipinski definition) is 2. The Hall–Kier alpha value is -1.02. The fourth-order valence-corrected chi connectivity index (χ4v) is 2.35. The van der Waals surface area contributed by atoms with Gasteiger partial charge in [-0.3, -0.25) is 0 Å². The molecular weight excluding hydrogens is 196 g/mol. The highest BCUT2D eigenvalue weighted by Crippen LogP contribution is 2.23. The van der Waals surface area contributed by atoms with Gasteiger partial charge in [0.2, 0.25) is 0 Å². The van der Waals surface area contributed by atoms with Gasteiger partial charge in [0.1, 0.15) is 0 Å². The second-order valence-corrected chi connectivity index (χ2v) is 4.78. The average molecular weight is 218 g/mol. The van der Waals surface area contributed by atoms with Gasteiger partial charge in [0.05, 0.1) is 0 Å². The van der Waals surface area contributed by atoms with E-state index in [0.717, 1.165) is 19.5 Å². The molecule has 2 nitrogen and oxygen atoms in total. The van der Waals surface area contributed by atoms with Gasteiger partial charge in [0.25, 0.3) is 0 Å². The molecule has 1 aliphatic heterocycles. The molecule has 1 aromatic rings. The van der Waals surface area contributed by atoms with Crippen molar-refractivity contribution < 1.29 is 0 Å². The second kappa shape index (κ2) is 4.88. The summed E-state index contributed by atoms with van der Waals surface area (Å²) in [6.45, 7) is 9.09. The quantitative estimate of drug-likeness (QED) is 0.751. The lowest BCUT2D eigenvalue weighted by atomic mass is 10.1. The van der Waals surface area contributed by atoms with Crippen molar-refractivity contribution in [1.29, 1.82) is 0 Å². The van der Waals surface area contributed by atoms with Crippen LogP contribution >= 0.6 is 0 Å². The van der Waals surface area contributed by atoms with Crippen LogP contribution in [0, 0.1) is 6.92 Å². The minimum Gasteiger partial charge on any atom is -0.369 e. The van der Waals surface area contributed by atoms with Crippen LogP contribution in [0.3, 0.4) is 0 Å². The predicted molar refractivity (Wildman–Crippen MR) is 70.3 cm³/mol. The van der Waals surface area contributed by atoms with E-state index in [-0.39, 0.29) is 0 Å². The summed E-state index contributed by atoms with van der Waals surface area (Å²) < 4.78 is 0. The Labute approximate surface area is 98.9 Å². The van der Waals surface area contributed by atoms with Gasteiger partial charge in [0.15, 0.2) is 0 Å². The van der Waals surface area contributed by atoms with E-state index in [1.165, 1.54) is 29.9 Å². The van der Waals surface area contributed by atoms with Gasteiger partial charge in [-0.25, -0.2) is 0 Å². The van der Waals surface area contributed by atoms with Crippen LogP contribution in [0.1, 0.15) is 18.1 Å². The molecule has 0 aliphatic carbocycles. The first-order valence-electron chi connectivity index (χ1n) is 6.23. The summed E-state index contributed by atoms with van der Waals surface area (Å²) in [4.78, 5) is 4.93. The van der Waals surface area contributed by atoms with E-state index >= 15 is 0 Å². The van der Waals surface area contributed by atoms with Crippen LogP contribution in [0.5, 0.6) is 0 Å². The molecule has 1 fully saturated rings. The maximum atomic E-state index is 2.53. The Morgan fingerprint density at radius 3 is 2.44 bits per heavy atom. The molecule has 16 heavy (non-hydrogen) atoms. The minimum absolute atomic E-state index is 1.13. The van der Waals surface area contributed by atoms with Gasteiger partial charge in [-0.05, 0) is 32.0 Å². The summed E-state index contributed by atoms with van der Waals surface area (Å²) in [5.74, 6) is 0. The maximum Gasteiger partial charge on any atom is 0.0399 e. The SMILES string of the molecule is CCc1cc(C)ccc1N1CCN(C)CC1. The van der Waals surface area contributed by atoms with Crippen LogP contribution in [0.25, 0.3) is 0 Å². The minimum atomic E-state index is 1.13. The van der Waals surface area contributed by atoms with Crippen LogP contribution in [-0.2, 0) is 6.42 Å². The number of piperazine rings is 1. The first kappa shape index (κ1) is 11.5. The van der Waals surface area contributed by atoms with Crippen molar-refractivity contribution in [3.63, 3.8) is 0 Å². The first-order valence-corrected chi connectivity index (χ1v) is 6.23. The molecule has 2 heteroatoms. The van der Waals surface area contributed by atoms with Crippen LogP contribution in [0.4, 0.5) is 5.69 Å². The van der Waals surface area contributed by atoms with Crippen molar-refractivity contribution in [2.24, 2.45) is 0 Å². The van der Waals surface area contributed by atoms with E-state index in [4.69, 9.17) is 0 Å². The van der Waals surface area contributed by atoms with Gasteiger partial charge in [-0.1, -0.05) is 24.6 Å². The van der Waals surface area contributed by atoms with Crippen molar-refractivity contribution in [3.8, 4) is 0 Å². The number of aryl methyl sites for hydroxylation is 2. The van der Waals surface area contributed by atoms with E-state index in [1.54, 1.807) is 0 Å². The highest BCUT2D eigenvalue weighted by Gasteiger charge is 2.16.